The lowest BCUT2D eigenvalue weighted by atomic mass is 10.00. The van der Waals surface area contributed by atoms with Gasteiger partial charge in [-0.2, -0.15) is 0 Å². The van der Waals surface area contributed by atoms with Crippen LogP contribution in [0, 0.1) is 0 Å². The van der Waals surface area contributed by atoms with Crippen LogP contribution in [0.5, 0.6) is 5.75 Å². The first-order valence-corrected chi connectivity index (χ1v) is 8.78. The Morgan fingerprint density at radius 1 is 1.12 bits per heavy atom. The van der Waals surface area contributed by atoms with E-state index in [2.05, 4.69) is 6.58 Å². The van der Waals surface area contributed by atoms with E-state index in [1.807, 2.05) is 0 Å². The van der Waals surface area contributed by atoms with E-state index in [4.69, 9.17) is 16.3 Å². The lowest BCUT2D eigenvalue weighted by Crippen LogP contribution is -2.06. The highest BCUT2D eigenvalue weighted by atomic mass is 35.5. The van der Waals surface area contributed by atoms with Crippen LogP contribution in [-0.4, -0.2) is 28.8 Å². The molecule has 0 amide bonds. The van der Waals surface area contributed by atoms with Crippen LogP contribution in [-0.2, 0) is 16.0 Å². The van der Waals surface area contributed by atoms with Gasteiger partial charge >= 0.3 is 11.9 Å². The summed E-state index contributed by atoms with van der Waals surface area (Å²) in [5.41, 5.74) is 1.04. The molecular weight excluding hydrogens is 344 g/mol. The molecular formula is C19H25ClO5. The minimum absolute atomic E-state index is 0.0917. The Morgan fingerprint density at radius 3 is 2.32 bits per heavy atom. The molecule has 0 aromatic heterocycles. The van der Waals surface area contributed by atoms with E-state index in [0.717, 1.165) is 38.5 Å². The van der Waals surface area contributed by atoms with Gasteiger partial charge in [-0.1, -0.05) is 43.9 Å². The topological polar surface area (TPSA) is 83.8 Å². The smallest absolute Gasteiger partial charge is 0.336 e. The molecule has 0 aliphatic carbocycles. The molecule has 0 aliphatic rings. The SMILES string of the molecule is C=C(C)C(=O)OCCCCCCCCc1c(C(=O)O)ccc(O)c1Cl. The van der Waals surface area contributed by atoms with E-state index in [0.29, 0.717) is 24.2 Å². The van der Waals surface area contributed by atoms with Crippen molar-refractivity contribution in [3.63, 3.8) is 0 Å². The summed E-state index contributed by atoms with van der Waals surface area (Å²) < 4.78 is 5.02. The van der Waals surface area contributed by atoms with E-state index in [-0.39, 0.29) is 22.3 Å². The van der Waals surface area contributed by atoms with Gasteiger partial charge in [-0.15, -0.1) is 0 Å². The third kappa shape index (κ3) is 7.18. The van der Waals surface area contributed by atoms with Gasteiger partial charge < -0.3 is 14.9 Å². The maximum atomic E-state index is 11.2. The molecule has 1 rings (SSSR count). The van der Waals surface area contributed by atoms with E-state index >= 15 is 0 Å². The fraction of sp³-hybridized carbons (Fsp3) is 0.474. The number of rotatable bonds is 11. The minimum Gasteiger partial charge on any atom is -0.506 e. The van der Waals surface area contributed by atoms with Crippen LogP contribution in [0.3, 0.4) is 0 Å². The summed E-state index contributed by atoms with van der Waals surface area (Å²) >= 11 is 6.03. The summed E-state index contributed by atoms with van der Waals surface area (Å²) in [5, 5.41) is 19.0. The number of hydrogen-bond acceptors (Lipinski definition) is 4. The normalized spacial score (nSPS) is 10.5. The molecule has 1 aromatic carbocycles. The van der Waals surface area contributed by atoms with Crippen molar-refractivity contribution in [2.24, 2.45) is 0 Å². The van der Waals surface area contributed by atoms with Crippen molar-refractivity contribution in [1.82, 2.24) is 0 Å². The number of carboxylic acids is 1. The highest BCUT2D eigenvalue weighted by Crippen LogP contribution is 2.31. The lowest BCUT2D eigenvalue weighted by molar-refractivity contribution is -0.139. The Balaban J connectivity index is 2.24. The number of halogens is 1. The van der Waals surface area contributed by atoms with Gasteiger partial charge in [-0.25, -0.2) is 9.59 Å². The Labute approximate surface area is 153 Å². The maximum Gasteiger partial charge on any atom is 0.336 e. The second kappa shape index (κ2) is 10.8. The summed E-state index contributed by atoms with van der Waals surface area (Å²) in [6.45, 7) is 5.55. The monoisotopic (exact) mass is 368 g/mol. The molecule has 25 heavy (non-hydrogen) atoms. The lowest BCUT2D eigenvalue weighted by Gasteiger charge is -2.10. The van der Waals surface area contributed by atoms with Gasteiger partial charge in [0.25, 0.3) is 0 Å². The molecule has 2 N–H and O–H groups in total. The first kappa shape index (κ1) is 21.0. The summed E-state index contributed by atoms with van der Waals surface area (Å²) in [6.07, 6.45) is 6.07. The Hall–Kier alpha value is -2.01. The van der Waals surface area contributed by atoms with Crippen LogP contribution in [0.2, 0.25) is 5.02 Å². The number of ether oxygens (including phenoxy) is 1. The molecule has 6 heteroatoms. The number of aromatic carboxylic acids is 1. The largest absolute Gasteiger partial charge is 0.506 e. The van der Waals surface area contributed by atoms with Crippen molar-refractivity contribution in [3.8, 4) is 5.75 Å². The zero-order chi connectivity index (χ0) is 18.8. The highest BCUT2D eigenvalue weighted by Gasteiger charge is 2.15. The molecule has 0 radical (unpaired) electrons. The van der Waals surface area contributed by atoms with E-state index in [9.17, 15) is 19.8 Å². The van der Waals surface area contributed by atoms with Crippen LogP contribution in [0.15, 0.2) is 24.3 Å². The molecule has 5 nitrogen and oxygen atoms in total. The second-order valence-corrected chi connectivity index (χ2v) is 6.40. The summed E-state index contributed by atoms with van der Waals surface area (Å²) in [7, 11) is 0. The second-order valence-electron chi connectivity index (χ2n) is 6.02. The van der Waals surface area contributed by atoms with Crippen molar-refractivity contribution in [1.29, 1.82) is 0 Å². The Bertz CT molecular complexity index is 624. The van der Waals surface area contributed by atoms with Crippen molar-refractivity contribution in [3.05, 3.63) is 40.4 Å². The molecule has 0 bridgehead atoms. The molecule has 1 aromatic rings. The number of carboxylic acid groups (broad SMARTS) is 1. The van der Waals surface area contributed by atoms with E-state index < -0.39 is 5.97 Å². The standard InChI is InChI=1S/C19H25ClO5/c1-13(2)19(24)25-12-8-6-4-3-5-7-9-14-15(18(22)23)10-11-16(21)17(14)20/h10-11,21H,1,3-9,12H2,2H3,(H,22,23). The molecule has 0 unspecified atom stereocenters. The van der Waals surface area contributed by atoms with Gasteiger partial charge in [0, 0.05) is 5.57 Å². The van der Waals surface area contributed by atoms with Crippen molar-refractivity contribution < 1.29 is 24.5 Å². The average Bonchev–Trinajstić information content (AvgIpc) is 2.56. The Kier molecular flexibility index (Phi) is 9.06. The van der Waals surface area contributed by atoms with Gasteiger partial charge in [0.2, 0.25) is 0 Å². The van der Waals surface area contributed by atoms with Crippen molar-refractivity contribution >= 4 is 23.5 Å². The fourth-order valence-electron chi connectivity index (χ4n) is 2.45. The number of carbonyl (C=O) groups excluding carboxylic acids is 1. The number of phenolic OH excluding ortho intramolecular Hbond substituents is 1. The molecule has 0 aliphatic heterocycles. The predicted molar refractivity (Wildman–Crippen MR) is 97.3 cm³/mol. The first-order chi connectivity index (χ1) is 11.8. The average molecular weight is 369 g/mol. The zero-order valence-electron chi connectivity index (χ0n) is 14.5. The van der Waals surface area contributed by atoms with Crippen LogP contribution in [0.4, 0.5) is 0 Å². The fourth-order valence-corrected chi connectivity index (χ4v) is 2.71. The number of benzene rings is 1. The predicted octanol–water partition coefficient (Wildman–Crippen LogP) is 4.75. The van der Waals surface area contributed by atoms with Crippen molar-refractivity contribution in [2.75, 3.05) is 6.61 Å². The van der Waals surface area contributed by atoms with E-state index in [1.165, 1.54) is 12.1 Å². The quantitative estimate of drug-likeness (QED) is 0.334. The van der Waals surface area contributed by atoms with Crippen LogP contribution in [0.25, 0.3) is 0 Å². The Morgan fingerprint density at radius 2 is 1.72 bits per heavy atom. The number of carbonyl (C=O) groups is 2. The molecule has 0 fully saturated rings. The van der Waals surface area contributed by atoms with E-state index in [1.54, 1.807) is 6.92 Å². The van der Waals surface area contributed by atoms with Gasteiger partial charge in [0.15, 0.2) is 0 Å². The van der Waals surface area contributed by atoms with Crippen LogP contribution >= 0.6 is 11.6 Å². The number of aromatic hydroxyl groups is 1. The maximum absolute atomic E-state index is 11.2. The third-order valence-corrected chi connectivity index (χ3v) is 4.28. The molecule has 0 saturated carbocycles. The van der Waals surface area contributed by atoms with Crippen LogP contribution < -0.4 is 0 Å². The number of phenols is 1. The molecule has 0 spiro atoms. The van der Waals surface area contributed by atoms with Gasteiger partial charge in [-0.3, -0.25) is 0 Å². The highest BCUT2D eigenvalue weighted by molar-refractivity contribution is 6.33. The summed E-state index contributed by atoms with van der Waals surface area (Å²) in [6, 6.07) is 2.68. The van der Waals surface area contributed by atoms with Crippen LogP contribution in [0.1, 0.15) is 61.4 Å². The first-order valence-electron chi connectivity index (χ1n) is 8.41. The number of unbranched alkanes of at least 4 members (excludes halogenated alkanes) is 5. The number of esters is 1. The summed E-state index contributed by atoms with van der Waals surface area (Å²) in [4.78, 5) is 22.4. The minimum atomic E-state index is -1.04. The summed E-state index contributed by atoms with van der Waals surface area (Å²) in [5.74, 6) is -1.48. The molecule has 0 saturated heterocycles. The molecule has 138 valence electrons. The third-order valence-electron chi connectivity index (χ3n) is 3.86. The molecule has 0 atom stereocenters. The number of hydrogen-bond donors (Lipinski definition) is 2. The zero-order valence-corrected chi connectivity index (χ0v) is 15.3. The van der Waals surface area contributed by atoms with Gasteiger partial charge in [0.1, 0.15) is 5.75 Å². The molecule has 0 heterocycles. The van der Waals surface area contributed by atoms with Gasteiger partial charge in [-0.05, 0) is 43.9 Å². The van der Waals surface area contributed by atoms with Gasteiger partial charge in [0.05, 0.1) is 17.2 Å². The van der Waals surface area contributed by atoms with Crippen molar-refractivity contribution in [2.45, 2.75) is 51.9 Å².